The van der Waals surface area contributed by atoms with E-state index in [0.29, 0.717) is 9.93 Å². The molecule has 5 heteroatoms. The summed E-state index contributed by atoms with van der Waals surface area (Å²) in [5.74, 6) is 1.94. The number of hydrogen-bond donors (Lipinski definition) is 0. The second kappa shape index (κ2) is 5.30. The Labute approximate surface area is 114 Å². The number of amides is 2. The van der Waals surface area contributed by atoms with E-state index >= 15 is 0 Å². The van der Waals surface area contributed by atoms with Gasteiger partial charge in [-0.3, -0.25) is 14.5 Å². The number of rotatable bonds is 2. The largest absolute Gasteiger partial charge is 0.294 e. The lowest BCUT2D eigenvalue weighted by molar-refractivity contribution is -0.122. The van der Waals surface area contributed by atoms with Gasteiger partial charge in [-0.15, -0.1) is 6.42 Å². The molecule has 1 saturated heterocycles. The van der Waals surface area contributed by atoms with Gasteiger partial charge in [0.05, 0.1) is 11.4 Å². The van der Waals surface area contributed by atoms with Gasteiger partial charge in [0.25, 0.3) is 11.1 Å². The maximum Gasteiger partial charge on any atom is 0.294 e. The van der Waals surface area contributed by atoms with Crippen LogP contribution in [0.2, 0.25) is 5.02 Å². The van der Waals surface area contributed by atoms with E-state index in [-0.39, 0.29) is 17.7 Å². The summed E-state index contributed by atoms with van der Waals surface area (Å²) in [5.41, 5.74) is 0.811. The number of halogens is 1. The van der Waals surface area contributed by atoms with Crippen molar-refractivity contribution in [2.24, 2.45) is 0 Å². The Hall–Kier alpha value is -1.70. The summed E-state index contributed by atoms with van der Waals surface area (Å²) in [6, 6.07) is 6.99. The molecular formula is C13H8ClNO2S. The van der Waals surface area contributed by atoms with Crippen LogP contribution in [-0.4, -0.2) is 22.6 Å². The Morgan fingerprint density at radius 1 is 1.33 bits per heavy atom. The summed E-state index contributed by atoms with van der Waals surface area (Å²) in [7, 11) is 0. The number of thioether (sulfide) groups is 1. The fraction of sp³-hybridized carbons (Fsp3) is 0.0769. The zero-order valence-corrected chi connectivity index (χ0v) is 10.8. The van der Waals surface area contributed by atoms with Gasteiger partial charge in [-0.05, 0) is 35.5 Å². The molecule has 1 aromatic carbocycles. The predicted molar refractivity (Wildman–Crippen MR) is 73.0 cm³/mol. The zero-order valence-electron chi connectivity index (χ0n) is 9.22. The second-order valence-corrected chi connectivity index (χ2v) is 4.95. The molecule has 0 unspecified atom stereocenters. The molecule has 0 bridgehead atoms. The van der Waals surface area contributed by atoms with E-state index in [1.54, 1.807) is 30.3 Å². The van der Waals surface area contributed by atoms with Crippen LogP contribution in [-0.2, 0) is 4.79 Å². The Morgan fingerprint density at radius 3 is 2.61 bits per heavy atom. The van der Waals surface area contributed by atoms with Crippen LogP contribution in [0.15, 0.2) is 29.2 Å². The number of carbonyl (C=O) groups excluding carboxylic acids is 2. The topological polar surface area (TPSA) is 37.4 Å². The van der Waals surface area contributed by atoms with Crippen molar-refractivity contribution in [3.05, 3.63) is 39.8 Å². The first kappa shape index (κ1) is 12.7. The number of hydrogen-bond acceptors (Lipinski definition) is 3. The Morgan fingerprint density at radius 2 is 2.00 bits per heavy atom. The van der Waals surface area contributed by atoms with E-state index in [1.807, 2.05) is 0 Å². The van der Waals surface area contributed by atoms with E-state index in [2.05, 4.69) is 5.92 Å². The standard InChI is InChI=1S/C13H8ClNO2S/c1-2-7-15-12(16)11(18-13(15)17)8-9-3-5-10(14)6-4-9/h1,3-6,8H,7H2/b11-8+. The summed E-state index contributed by atoms with van der Waals surface area (Å²) >= 11 is 6.66. The number of terminal acetylenes is 1. The van der Waals surface area contributed by atoms with Crippen molar-refractivity contribution < 1.29 is 9.59 Å². The Balaban J connectivity index is 2.25. The highest BCUT2D eigenvalue weighted by Crippen LogP contribution is 2.31. The lowest BCUT2D eigenvalue weighted by atomic mass is 10.2. The summed E-state index contributed by atoms with van der Waals surface area (Å²) in [5, 5.41) is 0.283. The lowest BCUT2D eigenvalue weighted by Gasteiger charge is -2.06. The molecule has 0 atom stereocenters. The van der Waals surface area contributed by atoms with Crippen molar-refractivity contribution in [1.29, 1.82) is 0 Å². The average Bonchev–Trinajstić information content (AvgIpc) is 2.60. The molecular weight excluding hydrogens is 270 g/mol. The quantitative estimate of drug-likeness (QED) is 0.616. The van der Waals surface area contributed by atoms with Crippen LogP contribution in [0.1, 0.15) is 5.56 Å². The van der Waals surface area contributed by atoms with Gasteiger partial charge in [-0.2, -0.15) is 0 Å². The van der Waals surface area contributed by atoms with Gasteiger partial charge in [-0.25, -0.2) is 0 Å². The van der Waals surface area contributed by atoms with Gasteiger partial charge >= 0.3 is 0 Å². The molecule has 0 aromatic heterocycles. The molecule has 18 heavy (non-hydrogen) atoms. The first-order valence-corrected chi connectivity index (χ1v) is 6.25. The first-order chi connectivity index (χ1) is 8.61. The number of nitrogens with zero attached hydrogens (tertiary/aromatic N) is 1. The van der Waals surface area contributed by atoms with Crippen LogP contribution in [0.5, 0.6) is 0 Å². The van der Waals surface area contributed by atoms with E-state index in [9.17, 15) is 9.59 Å². The molecule has 90 valence electrons. The van der Waals surface area contributed by atoms with Crippen LogP contribution in [0, 0.1) is 12.3 Å². The number of benzene rings is 1. The van der Waals surface area contributed by atoms with E-state index < -0.39 is 0 Å². The van der Waals surface area contributed by atoms with Gasteiger partial charge in [0.15, 0.2) is 0 Å². The summed E-state index contributed by atoms with van der Waals surface area (Å²) in [4.78, 5) is 24.8. The normalized spacial score (nSPS) is 17.3. The molecule has 0 radical (unpaired) electrons. The fourth-order valence-electron chi connectivity index (χ4n) is 1.44. The summed E-state index contributed by atoms with van der Waals surface area (Å²) in [6.45, 7) is 0.00260. The lowest BCUT2D eigenvalue weighted by Crippen LogP contribution is -2.28. The Kier molecular flexibility index (Phi) is 3.75. The molecule has 2 rings (SSSR count). The van der Waals surface area contributed by atoms with Gasteiger partial charge in [0.2, 0.25) is 0 Å². The first-order valence-electron chi connectivity index (χ1n) is 5.06. The molecule has 1 heterocycles. The molecule has 0 saturated carbocycles. The van der Waals surface area contributed by atoms with Crippen molar-refractivity contribution in [2.45, 2.75) is 0 Å². The maximum atomic E-state index is 11.9. The van der Waals surface area contributed by atoms with E-state index in [4.69, 9.17) is 18.0 Å². The third-order valence-electron chi connectivity index (χ3n) is 2.29. The zero-order chi connectivity index (χ0) is 13.1. The van der Waals surface area contributed by atoms with Crippen molar-refractivity contribution in [3.8, 4) is 12.3 Å². The van der Waals surface area contributed by atoms with Crippen LogP contribution in [0.3, 0.4) is 0 Å². The Bertz CT molecular complexity index is 572. The minimum Gasteiger partial charge on any atom is -0.268 e. The predicted octanol–water partition coefficient (Wildman–Crippen LogP) is 3.01. The van der Waals surface area contributed by atoms with Crippen LogP contribution < -0.4 is 0 Å². The third kappa shape index (κ3) is 2.58. The molecule has 0 aliphatic carbocycles. The highest BCUT2D eigenvalue weighted by atomic mass is 35.5. The monoisotopic (exact) mass is 277 g/mol. The van der Waals surface area contributed by atoms with Crippen molar-refractivity contribution in [1.82, 2.24) is 4.90 Å². The average molecular weight is 278 g/mol. The highest BCUT2D eigenvalue weighted by molar-refractivity contribution is 8.18. The molecule has 3 nitrogen and oxygen atoms in total. The number of carbonyl (C=O) groups is 2. The highest BCUT2D eigenvalue weighted by Gasteiger charge is 2.34. The van der Waals surface area contributed by atoms with Crippen LogP contribution in [0.25, 0.3) is 6.08 Å². The third-order valence-corrected chi connectivity index (χ3v) is 3.45. The SMILES string of the molecule is C#CCN1C(=O)S/C(=C/c2ccc(Cl)cc2)C1=O. The molecule has 0 spiro atoms. The minimum atomic E-state index is -0.349. The maximum absolute atomic E-state index is 11.9. The van der Waals surface area contributed by atoms with Crippen LogP contribution in [0.4, 0.5) is 4.79 Å². The molecule has 1 aliphatic heterocycles. The van der Waals surface area contributed by atoms with Crippen molar-refractivity contribution in [3.63, 3.8) is 0 Å². The molecule has 1 aliphatic rings. The second-order valence-electron chi connectivity index (χ2n) is 3.52. The molecule has 1 aromatic rings. The van der Waals surface area contributed by atoms with E-state index in [0.717, 1.165) is 22.2 Å². The van der Waals surface area contributed by atoms with E-state index in [1.165, 1.54) is 0 Å². The van der Waals surface area contributed by atoms with Gasteiger partial charge in [-0.1, -0.05) is 29.7 Å². The van der Waals surface area contributed by atoms with Crippen molar-refractivity contribution in [2.75, 3.05) is 6.54 Å². The molecule has 1 fully saturated rings. The smallest absolute Gasteiger partial charge is 0.268 e. The van der Waals surface area contributed by atoms with Crippen LogP contribution >= 0.6 is 23.4 Å². The van der Waals surface area contributed by atoms with Gasteiger partial charge < -0.3 is 0 Å². The number of imide groups is 1. The van der Waals surface area contributed by atoms with Crippen molar-refractivity contribution >= 4 is 40.6 Å². The molecule has 2 amide bonds. The summed E-state index contributed by atoms with van der Waals surface area (Å²) in [6.07, 6.45) is 6.76. The fourth-order valence-corrected chi connectivity index (χ4v) is 2.40. The van der Waals surface area contributed by atoms with Gasteiger partial charge in [0, 0.05) is 5.02 Å². The molecule has 0 N–H and O–H groups in total. The summed E-state index contributed by atoms with van der Waals surface area (Å²) < 4.78 is 0. The van der Waals surface area contributed by atoms with Gasteiger partial charge in [0.1, 0.15) is 0 Å². The minimum absolute atomic E-state index is 0.00260.